The fourth-order valence-electron chi connectivity index (χ4n) is 3.80. The number of anilines is 2. The molecule has 0 radical (unpaired) electrons. The van der Waals surface area contributed by atoms with Crippen LogP contribution in [0.15, 0.2) is 89.8 Å². The summed E-state index contributed by atoms with van der Waals surface area (Å²) in [5.41, 5.74) is 1.26. The van der Waals surface area contributed by atoms with Gasteiger partial charge in [0.1, 0.15) is 0 Å². The van der Waals surface area contributed by atoms with Crippen LogP contribution in [0.3, 0.4) is 0 Å². The Morgan fingerprint density at radius 2 is 1.45 bits per heavy atom. The molecule has 0 aliphatic rings. The predicted molar refractivity (Wildman–Crippen MR) is 153 cm³/mol. The number of halogens is 1. The maximum absolute atomic E-state index is 13.2. The molecule has 0 heterocycles. The highest BCUT2D eigenvalue weighted by Gasteiger charge is 2.19. The molecule has 40 heavy (non-hydrogen) atoms. The standard InChI is InChI=1S/C29H23ClN2O7S/c1-18(33)38-26-15-9-20(17-27(26)39-19(2)34)10-16-29(35)31-25-7-3-6-24-23(25)5-4-8-28(24)40(36,37)32-22-13-11-21(30)12-14-22/h3-17,32H,1-2H3,(H,31,35)/b16-10+. The molecule has 0 aliphatic carbocycles. The lowest BCUT2D eigenvalue weighted by atomic mass is 10.1. The molecule has 11 heteroatoms. The number of benzene rings is 4. The van der Waals surface area contributed by atoms with Gasteiger partial charge in [0.15, 0.2) is 11.5 Å². The van der Waals surface area contributed by atoms with Crippen molar-refractivity contribution in [3.8, 4) is 11.5 Å². The number of fused-ring (bicyclic) bond motifs is 1. The van der Waals surface area contributed by atoms with Gasteiger partial charge in [-0.05, 0) is 60.2 Å². The van der Waals surface area contributed by atoms with Gasteiger partial charge in [0, 0.05) is 47.1 Å². The molecular formula is C29H23ClN2O7S. The van der Waals surface area contributed by atoms with Crippen LogP contribution in [0, 0.1) is 0 Å². The molecule has 9 nitrogen and oxygen atoms in total. The summed E-state index contributed by atoms with van der Waals surface area (Å²) >= 11 is 5.89. The maximum Gasteiger partial charge on any atom is 0.308 e. The highest BCUT2D eigenvalue weighted by atomic mass is 35.5. The second-order valence-electron chi connectivity index (χ2n) is 8.49. The second kappa shape index (κ2) is 12.0. The monoisotopic (exact) mass is 578 g/mol. The first-order valence-corrected chi connectivity index (χ1v) is 13.7. The van der Waals surface area contributed by atoms with Crippen molar-refractivity contribution in [1.82, 2.24) is 0 Å². The van der Waals surface area contributed by atoms with Crippen LogP contribution in [0.25, 0.3) is 16.8 Å². The minimum atomic E-state index is -3.96. The van der Waals surface area contributed by atoms with Crippen molar-refractivity contribution in [3.05, 3.63) is 95.5 Å². The van der Waals surface area contributed by atoms with Crippen molar-refractivity contribution in [3.63, 3.8) is 0 Å². The fraction of sp³-hybridized carbons (Fsp3) is 0.0690. The average Bonchev–Trinajstić information content (AvgIpc) is 2.89. The summed E-state index contributed by atoms with van der Waals surface area (Å²) < 4.78 is 39.0. The van der Waals surface area contributed by atoms with E-state index < -0.39 is 27.9 Å². The van der Waals surface area contributed by atoms with Crippen LogP contribution < -0.4 is 19.5 Å². The first-order valence-electron chi connectivity index (χ1n) is 11.8. The van der Waals surface area contributed by atoms with Crippen LogP contribution in [0.5, 0.6) is 11.5 Å². The van der Waals surface area contributed by atoms with Crippen molar-refractivity contribution in [2.75, 3.05) is 10.0 Å². The molecule has 0 saturated carbocycles. The SMILES string of the molecule is CC(=O)Oc1ccc(/C=C/C(=O)Nc2cccc3c(S(=O)(=O)Nc4ccc(Cl)cc4)cccc23)cc1OC(C)=O. The van der Waals surface area contributed by atoms with Crippen molar-refractivity contribution in [2.24, 2.45) is 0 Å². The Morgan fingerprint density at radius 1 is 0.800 bits per heavy atom. The third-order valence-electron chi connectivity index (χ3n) is 5.43. The highest BCUT2D eigenvalue weighted by Crippen LogP contribution is 2.31. The molecule has 0 saturated heterocycles. The van der Waals surface area contributed by atoms with E-state index in [0.717, 1.165) is 0 Å². The Labute approximate surface area is 235 Å². The normalized spacial score (nSPS) is 11.3. The van der Waals surface area contributed by atoms with Crippen LogP contribution in [0.4, 0.5) is 11.4 Å². The van der Waals surface area contributed by atoms with Crippen molar-refractivity contribution >= 4 is 67.7 Å². The van der Waals surface area contributed by atoms with Gasteiger partial charge >= 0.3 is 11.9 Å². The van der Waals surface area contributed by atoms with Gasteiger partial charge in [0.25, 0.3) is 10.0 Å². The predicted octanol–water partition coefficient (Wildman–Crippen LogP) is 5.80. The Kier molecular flexibility index (Phi) is 8.52. The number of amides is 1. The van der Waals surface area contributed by atoms with E-state index in [4.69, 9.17) is 21.1 Å². The van der Waals surface area contributed by atoms with Crippen LogP contribution >= 0.6 is 11.6 Å². The first-order chi connectivity index (χ1) is 19.0. The molecule has 0 aromatic heterocycles. The highest BCUT2D eigenvalue weighted by molar-refractivity contribution is 7.93. The number of carbonyl (C=O) groups excluding carboxylic acids is 3. The first kappa shape index (κ1) is 28.3. The lowest BCUT2D eigenvalue weighted by Gasteiger charge is -2.13. The molecule has 0 spiro atoms. The van der Waals surface area contributed by atoms with Crippen molar-refractivity contribution in [1.29, 1.82) is 0 Å². The lowest BCUT2D eigenvalue weighted by molar-refractivity contribution is -0.134. The summed E-state index contributed by atoms with van der Waals surface area (Å²) in [5, 5.41) is 4.18. The number of hydrogen-bond acceptors (Lipinski definition) is 7. The van der Waals surface area contributed by atoms with Crippen LogP contribution in [0.1, 0.15) is 19.4 Å². The summed E-state index contributed by atoms with van der Waals surface area (Å²) in [6, 6.07) is 20.5. The number of esters is 2. The minimum absolute atomic E-state index is 0.0280. The molecule has 0 fully saturated rings. The van der Waals surface area contributed by atoms with Gasteiger partial charge in [-0.2, -0.15) is 0 Å². The van der Waals surface area contributed by atoms with Gasteiger partial charge in [-0.3, -0.25) is 19.1 Å². The van der Waals surface area contributed by atoms with E-state index in [1.165, 1.54) is 44.2 Å². The van der Waals surface area contributed by atoms with E-state index in [1.54, 1.807) is 60.7 Å². The fourth-order valence-corrected chi connectivity index (χ4v) is 5.21. The molecule has 0 atom stereocenters. The topological polar surface area (TPSA) is 128 Å². The summed E-state index contributed by atoms with van der Waals surface area (Å²) in [6.45, 7) is 2.43. The number of nitrogens with one attached hydrogen (secondary N) is 2. The molecule has 0 unspecified atom stereocenters. The molecule has 4 rings (SSSR count). The quantitative estimate of drug-likeness (QED) is 0.154. The summed E-state index contributed by atoms with van der Waals surface area (Å²) in [5.74, 6) is -1.58. The van der Waals surface area contributed by atoms with E-state index in [0.29, 0.717) is 32.7 Å². The summed E-state index contributed by atoms with van der Waals surface area (Å²) in [6.07, 6.45) is 2.75. The van der Waals surface area contributed by atoms with E-state index in [2.05, 4.69) is 10.0 Å². The van der Waals surface area contributed by atoms with Gasteiger partial charge in [-0.15, -0.1) is 0 Å². The minimum Gasteiger partial charge on any atom is -0.423 e. The zero-order valence-corrected chi connectivity index (χ0v) is 22.9. The smallest absolute Gasteiger partial charge is 0.308 e. The van der Waals surface area contributed by atoms with Gasteiger partial charge in [-0.1, -0.05) is 41.9 Å². The van der Waals surface area contributed by atoms with Crippen molar-refractivity contribution in [2.45, 2.75) is 18.7 Å². The van der Waals surface area contributed by atoms with Crippen LogP contribution in [0.2, 0.25) is 5.02 Å². The van der Waals surface area contributed by atoms with Crippen LogP contribution in [-0.4, -0.2) is 26.3 Å². The number of rotatable bonds is 8. The van der Waals surface area contributed by atoms with Gasteiger partial charge in [-0.25, -0.2) is 8.42 Å². The number of ether oxygens (including phenoxy) is 2. The second-order valence-corrected chi connectivity index (χ2v) is 10.6. The number of sulfonamides is 1. The van der Waals surface area contributed by atoms with E-state index >= 15 is 0 Å². The van der Waals surface area contributed by atoms with E-state index in [-0.39, 0.29) is 16.4 Å². The largest absolute Gasteiger partial charge is 0.423 e. The average molecular weight is 579 g/mol. The van der Waals surface area contributed by atoms with Gasteiger partial charge in [0.2, 0.25) is 5.91 Å². The lowest BCUT2D eigenvalue weighted by Crippen LogP contribution is -2.14. The zero-order valence-electron chi connectivity index (χ0n) is 21.3. The Bertz CT molecular complexity index is 1750. The van der Waals surface area contributed by atoms with Crippen molar-refractivity contribution < 1.29 is 32.3 Å². The number of carbonyl (C=O) groups is 3. The van der Waals surface area contributed by atoms with E-state index in [9.17, 15) is 22.8 Å². The molecular weight excluding hydrogens is 556 g/mol. The Hall–Kier alpha value is -4.67. The zero-order chi connectivity index (χ0) is 28.9. The molecule has 0 bridgehead atoms. The molecule has 2 N–H and O–H groups in total. The molecule has 4 aromatic carbocycles. The molecule has 0 aliphatic heterocycles. The van der Waals surface area contributed by atoms with E-state index in [1.807, 2.05) is 0 Å². The number of hydrogen-bond donors (Lipinski definition) is 2. The molecule has 4 aromatic rings. The summed E-state index contributed by atoms with van der Waals surface area (Å²) in [4.78, 5) is 35.6. The van der Waals surface area contributed by atoms with Crippen LogP contribution in [-0.2, 0) is 24.4 Å². The molecule has 204 valence electrons. The van der Waals surface area contributed by atoms with Gasteiger partial charge in [0.05, 0.1) is 4.90 Å². The Balaban J connectivity index is 1.57. The Morgan fingerprint density at radius 3 is 2.15 bits per heavy atom. The van der Waals surface area contributed by atoms with Gasteiger partial charge < -0.3 is 14.8 Å². The summed E-state index contributed by atoms with van der Waals surface area (Å²) in [7, 11) is -3.96. The maximum atomic E-state index is 13.2. The molecule has 1 amide bonds. The third kappa shape index (κ3) is 7.04. The third-order valence-corrected chi connectivity index (χ3v) is 7.12.